The molecule has 1 aromatic rings. The maximum Gasteiger partial charge on any atom is 0.175 e. The minimum atomic E-state index is -0.808. The molecular formula is C11H11FO3. The van der Waals surface area contributed by atoms with Crippen LogP contribution in [0.3, 0.4) is 0 Å². The summed E-state index contributed by atoms with van der Waals surface area (Å²) in [5.74, 6) is -0.564. The predicted octanol–water partition coefficient (Wildman–Crippen LogP) is 1.02. The van der Waals surface area contributed by atoms with Crippen LogP contribution >= 0.6 is 0 Å². The molecule has 80 valence electrons. The van der Waals surface area contributed by atoms with Gasteiger partial charge in [-0.25, -0.2) is 4.39 Å². The number of ether oxygens (including phenoxy) is 1. The van der Waals surface area contributed by atoms with E-state index < -0.39 is 5.41 Å². The lowest BCUT2D eigenvalue weighted by atomic mass is 9.79. The molecule has 0 amide bonds. The molecule has 0 aromatic heterocycles. The molecule has 1 fully saturated rings. The van der Waals surface area contributed by atoms with Crippen molar-refractivity contribution in [2.75, 3.05) is 19.8 Å². The molecule has 0 saturated carbocycles. The Morgan fingerprint density at radius 3 is 2.40 bits per heavy atom. The monoisotopic (exact) mass is 210 g/mol. The molecule has 3 nitrogen and oxygen atoms in total. The number of hydrogen-bond acceptors (Lipinski definition) is 3. The zero-order valence-corrected chi connectivity index (χ0v) is 8.07. The highest BCUT2D eigenvalue weighted by Gasteiger charge is 2.45. The van der Waals surface area contributed by atoms with E-state index in [4.69, 9.17) is 9.84 Å². The third-order valence-electron chi connectivity index (χ3n) is 2.65. The number of aliphatic hydroxyl groups is 1. The number of hydrogen-bond donors (Lipinski definition) is 1. The molecule has 1 N–H and O–H groups in total. The smallest absolute Gasteiger partial charge is 0.175 e. The van der Waals surface area contributed by atoms with Gasteiger partial charge in [-0.2, -0.15) is 0 Å². The summed E-state index contributed by atoms with van der Waals surface area (Å²) >= 11 is 0. The Kier molecular flexibility index (Phi) is 2.54. The quantitative estimate of drug-likeness (QED) is 0.757. The van der Waals surface area contributed by atoms with Crippen LogP contribution in [0.15, 0.2) is 24.3 Å². The van der Waals surface area contributed by atoms with E-state index in [2.05, 4.69) is 0 Å². The van der Waals surface area contributed by atoms with Gasteiger partial charge in [0.1, 0.15) is 11.2 Å². The third kappa shape index (κ3) is 1.66. The minimum absolute atomic E-state index is 0.184. The molecule has 0 unspecified atom stereocenters. The third-order valence-corrected chi connectivity index (χ3v) is 2.65. The van der Waals surface area contributed by atoms with Gasteiger partial charge in [0.05, 0.1) is 19.8 Å². The largest absolute Gasteiger partial charge is 0.395 e. The fourth-order valence-electron chi connectivity index (χ4n) is 1.55. The first-order chi connectivity index (χ1) is 7.18. The number of Topliss-reactive ketones (excluding diaryl/α,β-unsaturated/α-hetero) is 1. The van der Waals surface area contributed by atoms with E-state index in [9.17, 15) is 9.18 Å². The van der Waals surface area contributed by atoms with E-state index in [0.29, 0.717) is 5.56 Å². The van der Waals surface area contributed by atoms with Crippen molar-refractivity contribution in [1.29, 1.82) is 0 Å². The fraction of sp³-hybridized carbons (Fsp3) is 0.364. The lowest BCUT2D eigenvalue weighted by Gasteiger charge is -2.38. The van der Waals surface area contributed by atoms with Gasteiger partial charge >= 0.3 is 0 Å². The Bertz CT molecular complexity index is 362. The highest BCUT2D eigenvalue weighted by atomic mass is 19.1. The summed E-state index contributed by atoms with van der Waals surface area (Å²) in [6, 6.07) is 5.32. The van der Waals surface area contributed by atoms with E-state index in [0.717, 1.165) is 0 Å². The van der Waals surface area contributed by atoms with Crippen molar-refractivity contribution in [3.05, 3.63) is 35.6 Å². The zero-order chi connectivity index (χ0) is 10.9. The Hall–Kier alpha value is -1.26. The summed E-state index contributed by atoms with van der Waals surface area (Å²) in [5.41, 5.74) is -0.397. The van der Waals surface area contributed by atoms with Crippen LogP contribution in [-0.4, -0.2) is 30.7 Å². The van der Waals surface area contributed by atoms with E-state index in [1.807, 2.05) is 0 Å². The number of halogens is 1. The normalized spacial score (nSPS) is 18.3. The van der Waals surface area contributed by atoms with Crippen LogP contribution in [0.5, 0.6) is 0 Å². The second-order valence-corrected chi connectivity index (χ2v) is 3.77. The van der Waals surface area contributed by atoms with Crippen LogP contribution in [0.25, 0.3) is 0 Å². The first kappa shape index (κ1) is 10.3. The Balaban J connectivity index is 2.24. The minimum Gasteiger partial charge on any atom is -0.395 e. The van der Waals surface area contributed by atoms with Gasteiger partial charge in [-0.1, -0.05) is 0 Å². The predicted molar refractivity (Wildman–Crippen MR) is 51.1 cm³/mol. The molecule has 0 radical (unpaired) electrons. The summed E-state index contributed by atoms with van der Waals surface area (Å²) < 4.78 is 17.6. The average molecular weight is 210 g/mol. The Morgan fingerprint density at radius 2 is 2.00 bits per heavy atom. The number of rotatable bonds is 3. The van der Waals surface area contributed by atoms with Gasteiger partial charge in [-0.3, -0.25) is 4.79 Å². The van der Waals surface area contributed by atoms with Gasteiger partial charge in [0, 0.05) is 5.56 Å². The molecule has 1 aliphatic rings. The molecule has 1 saturated heterocycles. The van der Waals surface area contributed by atoms with Crippen LogP contribution in [-0.2, 0) is 4.74 Å². The van der Waals surface area contributed by atoms with Gasteiger partial charge in [0.25, 0.3) is 0 Å². The highest BCUT2D eigenvalue weighted by Crippen LogP contribution is 2.31. The van der Waals surface area contributed by atoms with Gasteiger partial charge < -0.3 is 9.84 Å². The van der Waals surface area contributed by atoms with Gasteiger partial charge in [0.15, 0.2) is 5.78 Å². The van der Waals surface area contributed by atoms with E-state index in [-0.39, 0.29) is 31.4 Å². The topological polar surface area (TPSA) is 46.5 Å². The number of ketones is 1. The molecule has 15 heavy (non-hydrogen) atoms. The highest BCUT2D eigenvalue weighted by molar-refractivity contribution is 6.01. The molecule has 2 rings (SSSR count). The fourth-order valence-corrected chi connectivity index (χ4v) is 1.55. The summed E-state index contributed by atoms with van der Waals surface area (Å²) in [7, 11) is 0. The molecule has 0 bridgehead atoms. The second-order valence-electron chi connectivity index (χ2n) is 3.77. The molecule has 0 aliphatic carbocycles. The van der Waals surface area contributed by atoms with Crippen molar-refractivity contribution >= 4 is 5.78 Å². The summed E-state index contributed by atoms with van der Waals surface area (Å²) in [5, 5.41) is 9.15. The maximum absolute atomic E-state index is 12.6. The van der Waals surface area contributed by atoms with Gasteiger partial charge in [-0.05, 0) is 24.3 Å². The van der Waals surface area contributed by atoms with Crippen molar-refractivity contribution in [3.8, 4) is 0 Å². The van der Waals surface area contributed by atoms with Crippen LogP contribution in [0.4, 0.5) is 4.39 Å². The van der Waals surface area contributed by atoms with Gasteiger partial charge in [0.2, 0.25) is 0 Å². The lowest BCUT2D eigenvalue weighted by molar-refractivity contribution is -0.109. The standard InChI is InChI=1S/C11H11FO3/c12-9-3-1-8(2-4-9)10(14)11(5-13)6-15-7-11/h1-4,13H,5-7H2. The van der Waals surface area contributed by atoms with Crippen molar-refractivity contribution < 1.29 is 19.0 Å². The van der Waals surface area contributed by atoms with Crippen molar-refractivity contribution in [3.63, 3.8) is 0 Å². The summed E-state index contributed by atoms with van der Waals surface area (Å²) in [4.78, 5) is 11.9. The van der Waals surface area contributed by atoms with Crippen molar-refractivity contribution in [2.24, 2.45) is 5.41 Å². The molecule has 4 heteroatoms. The van der Waals surface area contributed by atoms with Crippen LogP contribution in [0.1, 0.15) is 10.4 Å². The Morgan fingerprint density at radius 1 is 1.40 bits per heavy atom. The number of carbonyl (C=O) groups is 1. The van der Waals surface area contributed by atoms with Crippen LogP contribution in [0.2, 0.25) is 0 Å². The van der Waals surface area contributed by atoms with Crippen LogP contribution in [0, 0.1) is 11.2 Å². The van der Waals surface area contributed by atoms with E-state index >= 15 is 0 Å². The molecule has 0 spiro atoms. The first-order valence-electron chi connectivity index (χ1n) is 4.67. The molecule has 1 heterocycles. The van der Waals surface area contributed by atoms with E-state index in [1.54, 1.807) is 0 Å². The van der Waals surface area contributed by atoms with Gasteiger partial charge in [-0.15, -0.1) is 0 Å². The first-order valence-corrected chi connectivity index (χ1v) is 4.67. The number of carbonyl (C=O) groups excluding carboxylic acids is 1. The van der Waals surface area contributed by atoms with E-state index in [1.165, 1.54) is 24.3 Å². The number of aliphatic hydroxyl groups excluding tert-OH is 1. The van der Waals surface area contributed by atoms with Crippen molar-refractivity contribution in [2.45, 2.75) is 0 Å². The molecular weight excluding hydrogens is 199 g/mol. The average Bonchev–Trinajstić information content (AvgIpc) is 2.18. The molecule has 1 aromatic carbocycles. The molecule has 0 atom stereocenters. The van der Waals surface area contributed by atoms with Crippen molar-refractivity contribution in [1.82, 2.24) is 0 Å². The zero-order valence-electron chi connectivity index (χ0n) is 8.07. The molecule has 1 aliphatic heterocycles. The van der Waals surface area contributed by atoms with Crippen LogP contribution < -0.4 is 0 Å². The maximum atomic E-state index is 12.6. The number of benzene rings is 1. The second kappa shape index (κ2) is 3.72. The SMILES string of the molecule is O=C(c1ccc(F)cc1)C1(CO)COC1. The Labute approximate surface area is 86.5 Å². The summed E-state index contributed by atoms with van der Waals surface area (Å²) in [6.07, 6.45) is 0. The lowest BCUT2D eigenvalue weighted by Crippen LogP contribution is -2.51. The summed E-state index contributed by atoms with van der Waals surface area (Å²) in [6.45, 7) is 0.239.